The van der Waals surface area contributed by atoms with Crippen molar-refractivity contribution in [3.05, 3.63) is 78.3 Å². The molecular formula is C22H17FN2O4. The van der Waals surface area contributed by atoms with Crippen LogP contribution in [0.25, 0.3) is 21.7 Å². The van der Waals surface area contributed by atoms with Gasteiger partial charge in [-0.3, -0.25) is 20.4 Å². The summed E-state index contributed by atoms with van der Waals surface area (Å²) in [7, 11) is 0. The summed E-state index contributed by atoms with van der Waals surface area (Å²) in [6.45, 7) is -0.430. The minimum atomic E-state index is -0.607. The highest BCUT2D eigenvalue weighted by Crippen LogP contribution is 2.30. The Morgan fingerprint density at radius 3 is 2.55 bits per heavy atom. The molecular weight excluding hydrogens is 375 g/mol. The normalized spacial score (nSPS) is 10.8. The lowest BCUT2D eigenvalue weighted by atomic mass is 10.0. The topological polar surface area (TPSA) is 80.6 Å². The van der Waals surface area contributed by atoms with Gasteiger partial charge in [0, 0.05) is 10.9 Å². The molecule has 0 aliphatic carbocycles. The monoisotopic (exact) mass is 392 g/mol. The van der Waals surface area contributed by atoms with E-state index >= 15 is 0 Å². The highest BCUT2D eigenvalue weighted by atomic mass is 19.1. The van der Waals surface area contributed by atoms with Crippen LogP contribution < -0.4 is 15.6 Å². The lowest BCUT2D eigenvalue weighted by molar-refractivity contribution is -0.129. The zero-order valence-electron chi connectivity index (χ0n) is 15.3. The number of carbonyl (C=O) groups is 2. The van der Waals surface area contributed by atoms with Gasteiger partial charge in [-0.15, -0.1) is 0 Å². The van der Waals surface area contributed by atoms with Crippen LogP contribution in [0.5, 0.6) is 5.75 Å². The van der Waals surface area contributed by atoms with Gasteiger partial charge < -0.3 is 9.15 Å². The van der Waals surface area contributed by atoms with Crippen LogP contribution in [-0.4, -0.2) is 18.4 Å². The Kier molecular flexibility index (Phi) is 5.11. The van der Waals surface area contributed by atoms with Gasteiger partial charge in [0.1, 0.15) is 5.58 Å². The highest BCUT2D eigenvalue weighted by Gasteiger charge is 2.14. The van der Waals surface area contributed by atoms with Crippen LogP contribution in [0.4, 0.5) is 4.39 Å². The molecule has 2 amide bonds. The Hall–Kier alpha value is -3.87. The van der Waals surface area contributed by atoms with Crippen molar-refractivity contribution in [3.8, 4) is 5.75 Å². The molecule has 0 spiro atoms. The van der Waals surface area contributed by atoms with Crippen molar-refractivity contribution in [2.24, 2.45) is 0 Å². The molecule has 0 fully saturated rings. The van der Waals surface area contributed by atoms with E-state index in [-0.39, 0.29) is 12.2 Å². The van der Waals surface area contributed by atoms with Crippen LogP contribution in [0.1, 0.15) is 5.56 Å². The number of ether oxygens (including phenoxy) is 1. The summed E-state index contributed by atoms with van der Waals surface area (Å²) in [4.78, 5) is 24.1. The van der Waals surface area contributed by atoms with Crippen molar-refractivity contribution < 1.29 is 23.1 Å². The molecule has 29 heavy (non-hydrogen) atoms. The van der Waals surface area contributed by atoms with Gasteiger partial charge in [0.15, 0.2) is 18.2 Å². The second-order valence-electron chi connectivity index (χ2n) is 6.41. The van der Waals surface area contributed by atoms with Crippen LogP contribution in [0.15, 0.2) is 71.3 Å². The predicted octanol–water partition coefficient (Wildman–Crippen LogP) is 3.49. The van der Waals surface area contributed by atoms with Crippen molar-refractivity contribution >= 4 is 33.6 Å². The SMILES string of the molecule is O=C(COc1ccccc1F)NNC(=O)Cc1coc2ccc3ccccc3c12. The Morgan fingerprint density at radius 1 is 0.931 bits per heavy atom. The van der Waals surface area contributed by atoms with Gasteiger partial charge in [0.25, 0.3) is 5.91 Å². The van der Waals surface area contributed by atoms with Crippen LogP contribution in [0.3, 0.4) is 0 Å². The van der Waals surface area contributed by atoms with E-state index in [1.165, 1.54) is 18.2 Å². The molecule has 0 radical (unpaired) electrons. The zero-order valence-corrected chi connectivity index (χ0v) is 15.3. The van der Waals surface area contributed by atoms with Gasteiger partial charge in [-0.2, -0.15) is 0 Å². The number of furan rings is 1. The number of carbonyl (C=O) groups excluding carboxylic acids is 2. The number of hydrazine groups is 1. The number of amides is 2. The summed E-state index contributed by atoms with van der Waals surface area (Å²) >= 11 is 0. The summed E-state index contributed by atoms with van der Waals surface area (Å²) < 4.78 is 24.1. The quantitative estimate of drug-likeness (QED) is 0.510. The van der Waals surface area contributed by atoms with Crippen LogP contribution in [-0.2, 0) is 16.0 Å². The fourth-order valence-corrected chi connectivity index (χ4v) is 3.10. The third-order valence-electron chi connectivity index (χ3n) is 4.43. The summed E-state index contributed by atoms with van der Waals surface area (Å²) in [6, 6.07) is 17.4. The van der Waals surface area contributed by atoms with E-state index < -0.39 is 24.2 Å². The van der Waals surface area contributed by atoms with Crippen LogP contribution in [0.2, 0.25) is 0 Å². The molecule has 0 saturated carbocycles. The molecule has 0 aliphatic rings. The fourth-order valence-electron chi connectivity index (χ4n) is 3.10. The smallest absolute Gasteiger partial charge is 0.276 e. The number of benzene rings is 3. The van der Waals surface area contributed by atoms with Crippen molar-refractivity contribution in [1.29, 1.82) is 0 Å². The van der Waals surface area contributed by atoms with Gasteiger partial charge in [0.05, 0.1) is 12.7 Å². The van der Waals surface area contributed by atoms with E-state index in [1.807, 2.05) is 36.4 Å². The molecule has 2 N–H and O–H groups in total. The summed E-state index contributed by atoms with van der Waals surface area (Å²) in [5.41, 5.74) is 5.99. The molecule has 0 atom stereocenters. The van der Waals surface area contributed by atoms with E-state index in [4.69, 9.17) is 9.15 Å². The third-order valence-corrected chi connectivity index (χ3v) is 4.43. The van der Waals surface area contributed by atoms with E-state index in [9.17, 15) is 14.0 Å². The van der Waals surface area contributed by atoms with Gasteiger partial charge >= 0.3 is 0 Å². The van der Waals surface area contributed by atoms with E-state index in [0.717, 1.165) is 16.2 Å². The van der Waals surface area contributed by atoms with E-state index in [1.54, 1.807) is 12.3 Å². The molecule has 0 bridgehead atoms. The number of nitrogens with one attached hydrogen (secondary N) is 2. The molecule has 3 aromatic carbocycles. The first kappa shape index (κ1) is 18.5. The average molecular weight is 392 g/mol. The molecule has 7 heteroatoms. The molecule has 1 heterocycles. The number of hydrogen-bond acceptors (Lipinski definition) is 4. The Balaban J connectivity index is 1.37. The van der Waals surface area contributed by atoms with Crippen molar-refractivity contribution in [2.75, 3.05) is 6.61 Å². The summed E-state index contributed by atoms with van der Waals surface area (Å²) in [5, 5.41) is 2.90. The number of para-hydroxylation sites is 1. The third kappa shape index (κ3) is 4.03. The number of halogens is 1. The average Bonchev–Trinajstić information content (AvgIpc) is 3.15. The van der Waals surface area contributed by atoms with Crippen LogP contribution >= 0.6 is 0 Å². The molecule has 4 rings (SSSR count). The summed E-state index contributed by atoms with van der Waals surface area (Å²) in [5.74, 6) is -1.63. The highest BCUT2D eigenvalue weighted by molar-refractivity contribution is 6.08. The zero-order chi connectivity index (χ0) is 20.2. The maximum atomic E-state index is 13.5. The first-order chi connectivity index (χ1) is 14.1. The lowest BCUT2D eigenvalue weighted by Gasteiger charge is -2.09. The van der Waals surface area contributed by atoms with Crippen LogP contribution in [0, 0.1) is 5.82 Å². The van der Waals surface area contributed by atoms with Gasteiger partial charge in [0.2, 0.25) is 5.91 Å². The minimum absolute atomic E-state index is 0.0233. The maximum Gasteiger partial charge on any atom is 0.276 e. The van der Waals surface area contributed by atoms with Crippen molar-refractivity contribution in [2.45, 2.75) is 6.42 Å². The minimum Gasteiger partial charge on any atom is -0.481 e. The number of rotatable bonds is 5. The largest absolute Gasteiger partial charge is 0.481 e. The Bertz CT molecular complexity index is 1200. The summed E-state index contributed by atoms with van der Waals surface area (Å²) in [6.07, 6.45) is 1.56. The van der Waals surface area contributed by atoms with E-state index in [0.29, 0.717) is 11.1 Å². The van der Waals surface area contributed by atoms with Gasteiger partial charge in [-0.1, -0.05) is 42.5 Å². The number of fused-ring (bicyclic) bond motifs is 3. The number of hydrogen-bond donors (Lipinski definition) is 2. The second kappa shape index (κ2) is 8.02. The van der Waals surface area contributed by atoms with Gasteiger partial charge in [-0.25, -0.2) is 4.39 Å². The standard InChI is InChI=1S/C22H17FN2O4/c23-17-7-3-4-8-18(17)29-13-21(27)25-24-20(26)11-15-12-28-19-10-9-14-5-1-2-6-16(14)22(15)19/h1-10,12H,11,13H2,(H,24,26)(H,25,27). The lowest BCUT2D eigenvalue weighted by Crippen LogP contribution is -2.44. The second-order valence-corrected chi connectivity index (χ2v) is 6.41. The van der Waals surface area contributed by atoms with E-state index in [2.05, 4.69) is 10.9 Å². The first-order valence-corrected chi connectivity index (χ1v) is 8.94. The van der Waals surface area contributed by atoms with Crippen molar-refractivity contribution in [3.63, 3.8) is 0 Å². The van der Waals surface area contributed by atoms with Gasteiger partial charge in [-0.05, 0) is 29.0 Å². The maximum absolute atomic E-state index is 13.5. The molecule has 6 nitrogen and oxygen atoms in total. The molecule has 0 aliphatic heterocycles. The molecule has 4 aromatic rings. The molecule has 0 saturated heterocycles. The Labute approximate surface area is 165 Å². The Morgan fingerprint density at radius 2 is 1.69 bits per heavy atom. The first-order valence-electron chi connectivity index (χ1n) is 8.94. The van der Waals surface area contributed by atoms with Crippen molar-refractivity contribution in [1.82, 2.24) is 10.9 Å². The molecule has 0 unspecified atom stereocenters. The fraction of sp³-hybridized carbons (Fsp3) is 0.0909. The molecule has 1 aromatic heterocycles. The predicted molar refractivity (Wildman–Crippen MR) is 106 cm³/mol. The molecule has 146 valence electrons.